The molecule has 3 aromatic rings. The van der Waals surface area contributed by atoms with E-state index in [2.05, 4.69) is 26.5 Å². The van der Waals surface area contributed by atoms with E-state index < -0.39 is 0 Å². The van der Waals surface area contributed by atoms with Crippen molar-refractivity contribution in [3.63, 3.8) is 0 Å². The quantitative estimate of drug-likeness (QED) is 0.544. The largest absolute Gasteiger partial charge is 0.436 e. The Morgan fingerprint density at radius 1 is 1.28 bits per heavy atom. The van der Waals surface area contributed by atoms with Crippen molar-refractivity contribution in [1.82, 2.24) is 19.7 Å². The van der Waals surface area contributed by atoms with Crippen LogP contribution in [0.2, 0.25) is 5.02 Å². The SMILES string of the molecule is CCc1cc(/C=C/C#N)cc(Cl)c1Oc1nc(NC23CC(C#N)(C2)C3)nc2nn(C)cc12. The third kappa shape index (κ3) is 3.24. The van der Waals surface area contributed by atoms with Gasteiger partial charge in [0.15, 0.2) is 11.4 Å². The van der Waals surface area contributed by atoms with Gasteiger partial charge in [-0.3, -0.25) is 4.68 Å². The summed E-state index contributed by atoms with van der Waals surface area (Å²) >= 11 is 6.56. The van der Waals surface area contributed by atoms with Crippen molar-refractivity contribution in [1.29, 1.82) is 10.5 Å². The smallest absolute Gasteiger partial charge is 0.235 e. The highest BCUT2D eigenvalue weighted by Gasteiger charge is 2.69. The summed E-state index contributed by atoms with van der Waals surface area (Å²) in [6.07, 6.45) is 8.03. The van der Waals surface area contributed by atoms with Crippen molar-refractivity contribution < 1.29 is 4.74 Å². The van der Waals surface area contributed by atoms with Gasteiger partial charge in [-0.2, -0.15) is 25.6 Å². The van der Waals surface area contributed by atoms with E-state index >= 15 is 0 Å². The van der Waals surface area contributed by atoms with Crippen LogP contribution in [0.5, 0.6) is 11.6 Å². The molecule has 0 atom stereocenters. The summed E-state index contributed by atoms with van der Waals surface area (Å²) in [5.74, 6) is 1.32. The van der Waals surface area contributed by atoms with Gasteiger partial charge < -0.3 is 10.1 Å². The molecule has 160 valence electrons. The van der Waals surface area contributed by atoms with Crippen LogP contribution < -0.4 is 10.1 Å². The second-order valence-electron chi connectivity index (χ2n) is 8.63. The van der Waals surface area contributed by atoms with Gasteiger partial charge in [-0.15, -0.1) is 0 Å². The number of fused-ring (bicyclic) bond motifs is 1. The van der Waals surface area contributed by atoms with Crippen molar-refractivity contribution in [2.75, 3.05) is 5.32 Å². The fourth-order valence-corrected chi connectivity index (χ4v) is 5.06. The van der Waals surface area contributed by atoms with Crippen molar-refractivity contribution in [3.05, 3.63) is 40.6 Å². The monoisotopic (exact) mass is 445 g/mol. The molecule has 8 nitrogen and oxygen atoms in total. The minimum Gasteiger partial charge on any atom is -0.436 e. The van der Waals surface area contributed by atoms with Gasteiger partial charge in [0.2, 0.25) is 11.8 Å². The summed E-state index contributed by atoms with van der Waals surface area (Å²) in [6, 6.07) is 8.10. The lowest BCUT2D eigenvalue weighted by molar-refractivity contribution is -0.0665. The van der Waals surface area contributed by atoms with Crippen LogP contribution in [-0.4, -0.2) is 25.3 Å². The summed E-state index contributed by atoms with van der Waals surface area (Å²) < 4.78 is 7.93. The van der Waals surface area contributed by atoms with Crippen LogP contribution in [0, 0.1) is 28.1 Å². The van der Waals surface area contributed by atoms with Gasteiger partial charge in [-0.1, -0.05) is 18.5 Å². The Bertz CT molecular complexity index is 1340. The number of nitrogens with zero attached hydrogens (tertiary/aromatic N) is 6. The van der Waals surface area contributed by atoms with Gasteiger partial charge in [-0.25, -0.2) is 0 Å². The first kappa shape index (κ1) is 20.3. The number of ether oxygens (including phenoxy) is 1. The second-order valence-corrected chi connectivity index (χ2v) is 9.04. The number of allylic oxidation sites excluding steroid dienone is 1. The third-order valence-electron chi connectivity index (χ3n) is 6.18. The highest BCUT2D eigenvalue weighted by atomic mass is 35.5. The molecule has 3 aliphatic rings. The number of halogens is 1. The van der Waals surface area contributed by atoms with E-state index in [-0.39, 0.29) is 11.0 Å². The predicted octanol–water partition coefficient (Wildman–Crippen LogP) is 4.77. The van der Waals surface area contributed by atoms with E-state index in [0.29, 0.717) is 40.1 Å². The second kappa shape index (κ2) is 7.22. The average molecular weight is 446 g/mol. The van der Waals surface area contributed by atoms with Crippen LogP contribution in [0.4, 0.5) is 5.95 Å². The lowest BCUT2D eigenvalue weighted by Crippen LogP contribution is -2.70. The number of benzene rings is 1. The molecule has 6 rings (SSSR count). The molecule has 2 aromatic heterocycles. The average Bonchev–Trinajstić information content (AvgIpc) is 3.09. The first-order valence-electron chi connectivity index (χ1n) is 10.4. The lowest BCUT2D eigenvalue weighted by atomic mass is 9.40. The number of rotatable bonds is 6. The minimum absolute atomic E-state index is 0.115. The fraction of sp³-hybridized carbons (Fsp3) is 0.348. The molecule has 1 aromatic carbocycles. The minimum atomic E-state index is -0.174. The maximum atomic E-state index is 9.28. The van der Waals surface area contributed by atoms with Gasteiger partial charge in [0.1, 0.15) is 5.39 Å². The van der Waals surface area contributed by atoms with Gasteiger partial charge in [0.25, 0.3) is 0 Å². The topological polar surface area (TPSA) is 112 Å². The maximum Gasteiger partial charge on any atom is 0.235 e. The maximum absolute atomic E-state index is 9.28. The highest BCUT2D eigenvalue weighted by Crippen LogP contribution is 2.67. The molecule has 0 unspecified atom stereocenters. The van der Waals surface area contributed by atoms with Gasteiger partial charge >= 0.3 is 0 Å². The molecule has 0 aliphatic heterocycles. The van der Waals surface area contributed by atoms with Crippen LogP contribution >= 0.6 is 11.6 Å². The molecule has 0 amide bonds. The van der Waals surface area contributed by atoms with Crippen molar-refractivity contribution in [2.24, 2.45) is 12.5 Å². The molecule has 0 radical (unpaired) electrons. The van der Waals surface area contributed by atoms with Crippen molar-refractivity contribution >= 4 is 34.7 Å². The van der Waals surface area contributed by atoms with Crippen LogP contribution in [0.15, 0.2) is 24.4 Å². The Morgan fingerprint density at radius 3 is 2.75 bits per heavy atom. The van der Waals surface area contributed by atoms with E-state index in [1.807, 2.05) is 32.3 Å². The predicted molar refractivity (Wildman–Crippen MR) is 120 cm³/mol. The summed E-state index contributed by atoms with van der Waals surface area (Å²) in [5.41, 5.74) is 1.95. The zero-order valence-corrected chi connectivity index (χ0v) is 18.4. The molecule has 3 fully saturated rings. The zero-order valence-electron chi connectivity index (χ0n) is 17.7. The zero-order chi connectivity index (χ0) is 22.5. The number of anilines is 1. The molecular weight excluding hydrogens is 426 g/mol. The first-order valence-corrected chi connectivity index (χ1v) is 10.7. The number of aromatic nitrogens is 4. The van der Waals surface area contributed by atoms with Crippen LogP contribution in [0.1, 0.15) is 37.3 Å². The fourth-order valence-electron chi connectivity index (χ4n) is 4.78. The van der Waals surface area contributed by atoms with Crippen molar-refractivity contribution in [3.8, 4) is 23.8 Å². The number of nitriles is 2. The van der Waals surface area contributed by atoms with E-state index in [1.54, 1.807) is 16.8 Å². The Morgan fingerprint density at radius 2 is 2.06 bits per heavy atom. The molecule has 3 aliphatic carbocycles. The van der Waals surface area contributed by atoms with E-state index in [4.69, 9.17) is 21.6 Å². The van der Waals surface area contributed by atoms with Gasteiger partial charge in [0.05, 0.1) is 22.6 Å². The summed E-state index contributed by atoms with van der Waals surface area (Å²) in [7, 11) is 1.82. The van der Waals surface area contributed by atoms with E-state index in [9.17, 15) is 5.26 Å². The summed E-state index contributed by atoms with van der Waals surface area (Å²) in [4.78, 5) is 9.20. The van der Waals surface area contributed by atoms with Gasteiger partial charge in [0, 0.05) is 24.9 Å². The molecule has 0 spiro atoms. The molecule has 2 bridgehead atoms. The molecule has 32 heavy (non-hydrogen) atoms. The normalized spacial score (nSPS) is 23.3. The Kier molecular flexibility index (Phi) is 4.58. The number of aryl methyl sites for hydroxylation is 2. The van der Waals surface area contributed by atoms with Crippen LogP contribution in [0.25, 0.3) is 17.1 Å². The first-order chi connectivity index (χ1) is 15.4. The molecule has 3 saturated carbocycles. The molecule has 1 N–H and O–H groups in total. The number of hydrogen-bond donors (Lipinski definition) is 1. The van der Waals surface area contributed by atoms with Crippen LogP contribution in [-0.2, 0) is 13.5 Å². The van der Waals surface area contributed by atoms with E-state index in [1.165, 1.54) is 6.08 Å². The molecule has 9 heteroatoms. The van der Waals surface area contributed by atoms with Crippen molar-refractivity contribution in [2.45, 2.75) is 38.1 Å². The standard InChI is InChI=1S/C23H20ClN7O/c1-3-15-7-14(5-4-6-25)8-17(24)18(15)32-20-16-9-31(2)30-19(16)27-21(28-20)29-23-10-22(11-23,12-23)13-26/h4-5,7-9H,3,10-12H2,1-2H3,(H,27,29,30)/b5-4+. The van der Waals surface area contributed by atoms with E-state index in [0.717, 1.165) is 30.4 Å². The summed E-state index contributed by atoms with van der Waals surface area (Å²) in [5, 5.41) is 27.0. The summed E-state index contributed by atoms with van der Waals surface area (Å²) in [6.45, 7) is 2.01. The Labute approximate surface area is 190 Å². The van der Waals surface area contributed by atoms with Gasteiger partial charge in [-0.05, 0) is 55.0 Å². The molecule has 2 heterocycles. The third-order valence-corrected chi connectivity index (χ3v) is 6.46. The Hall–Kier alpha value is -3.62. The number of hydrogen-bond acceptors (Lipinski definition) is 7. The molecular formula is C23H20ClN7O. The number of nitrogens with one attached hydrogen (secondary N) is 1. The lowest BCUT2D eigenvalue weighted by Gasteiger charge is -2.66. The van der Waals surface area contributed by atoms with Crippen LogP contribution in [0.3, 0.4) is 0 Å². The molecule has 0 saturated heterocycles. The Balaban J connectivity index is 1.51. The highest BCUT2D eigenvalue weighted by molar-refractivity contribution is 6.32.